The molecule has 0 radical (unpaired) electrons. The van der Waals surface area contributed by atoms with E-state index < -0.39 is 5.95 Å². The average molecular weight is 351 g/mol. The molecule has 0 bridgehead atoms. The Bertz CT molecular complexity index is 1010. The molecule has 1 aliphatic rings. The fourth-order valence-electron chi connectivity index (χ4n) is 3.27. The van der Waals surface area contributed by atoms with Crippen molar-refractivity contribution in [3.63, 3.8) is 0 Å². The van der Waals surface area contributed by atoms with E-state index in [0.29, 0.717) is 17.9 Å². The Morgan fingerprint density at radius 3 is 2.77 bits per heavy atom. The first-order chi connectivity index (χ1) is 12.5. The summed E-state index contributed by atoms with van der Waals surface area (Å²) in [5, 5.41) is 8.31. The van der Waals surface area contributed by atoms with Crippen LogP contribution in [0.3, 0.4) is 0 Å². The summed E-state index contributed by atoms with van der Waals surface area (Å²) in [6, 6.07) is 9.07. The molecule has 4 rings (SSSR count). The van der Waals surface area contributed by atoms with Gasteiger partial charge < -0.3 is 4.90 Å². The third-order valence-corrected chi connectivity index (χ3v) is 4.70. The highest BCUT2D eigenvalue weighted by atomic mass is 19.1. The second kappa shape index (κ2) is 6.01. The van der Waals surface area contributed by atoms with Gasteiger partial charge in [-0.3, -0.25) is 4.79 Å². The van der Waals surface area contributed by atoms with Gasteiger partial charge >= 0.3 is 0 Å². The summed E-state index contributed by atoms with van der Waals surface area (Å²) in [5.41, 5.74) is 4.18. The lowest BCUT2D eigenvalue weighted by Crippen LogP contribution is -2.30. The van der Waals surface area contributed by atoms with Crippen LogP contribution in [0.1, 0.15) is 35.5 Å². The maximum atomic E-state index is 14.0. The fraction of sp³-hybridized carbons (Fsp3) is 0.263. The highest BCUT2D eigenvalue weighted by Crippen LogP contribution is 2.30. The van der Waals surface area contributed by atoms with E-state index in [-0.39, 0.29) is 17.6 Å². The minimum Gasteiger partial charge on any atom is -0.332 e. The van der Waals surface area contributed by atoms with Crippen molar-refractivity contribution in [3.05, 3.63) is 59.3 Å². The summed E-state index contributed by atoms with van der Waals surface area (Å²) in [7, 11) is 0. The van der Waals surface area contributed by atoms with E-state index >= 15 is 0 Å². The summed E-state index contributed by atoms with van der Waals surface area (Å²) in [4.78, 5) is 17.9. The summed E-state index contributed by atoms with van der Waals surface area (Å²) in [6.07, 6.45) is 1.39. The highest BCUT2D eigenvalue weighted by Gasteiger charge is 2.29. The minimum atomic E-state index is -0.598. The molecular formula is C19H18FN5O. The largest absolute Gasteiger partial charge is 0.332 e. The quantitative estimate of drug-likeness (QED) is 0.680. The SMILES string of the molecule is Cc1c(-c2ccc3c(c2)CN(C(C)C)C3=O)nnn1-c1cccnc1F. The summed E-state index contributed by atoms with van der Waals surface area (Å²) < 4.78 is 15.4. The number of aromatic nitrogens is 4. The van der Waals surface area contributed by atoms with Gasteiger partial charge in [-0.1, -0.05) is 11.3 Å². The topological polar surface area (TPSA) is 63.9 Å². The average Bonchev–Trinajstić information content (AvgIpc) is 3.16. The number of carbonyl (C=O) groups excluding carboxylic acids is 1. The van der Waals surface area contributed by atoms with E-state index in [9.17, 15) is 9.18 Å². The third kappa shape index (κ3) is 2.47. The Morgan fingerprint density at radius 1 is 1.23 bits per heavy atom. The molecular weight excluding hydrogens is 333 g/mol. The molecule has 0 atom stereocenters. The van der Waals surface area contributed by atoms with Gasteiger partial charge in [0.15, 0.2) is 0 Å². The van der Waals surface area contributed by atoms with Crippen LogP contribution in [-0.4, -0.2) is 36.8 Å². The summed E-state index contributed by atoms with van der Waals surface area (Å²) in [6.45, 7) is 6.43. The van der Waals surface area contributed by atoms with Crippen molar-refractivity contribution in [2.24, 2.45) is 0 Å². The number of benzene rings is 1. The molecule has 1 aliphatic heterocycles. The zero-order chi connectivity index (χ0) is 18.4. The van der Waals surface area contributed by atoms with Crippen molar-refractivity contribution < 1.29 is 9.18 Å². The van der Waals surface area contributed by atoms with Crippen LogP contribution in [0.4, 0.5) is 4.39 Å². The monoisotopic (exact) mass is 351 g/mol. The van der Waals surface area contributed by atoms with Crippen LogP contribution >= 0.6 is 0 Å². The number of pyridine rings is 1. The van der Waals surface area contributed by atoms with E-state index in [0.717, 1.165) is 16.7 Å². The fourth-order valence-corrected chi connectivity index (χ4v) is 3.27. The van der Waals surface area contributed by atoms with Crippen LogP contribution in [0, 0.1) is 12.9 Å². The number of amides is 1. The number of hydrogen-bond donors (Lipinski definition) is 0. The molecule has 3 aromatic rings. The molecule has 0 unspecified atom stereocenters. The van der Waals surface area contributed by atoms with E-state index in [4.69, 9.17) is 0 Å². The molecule has 3 heterocycles. The van der Waals surface area contributed by atoms with Gasteiger partial charge in [-0.2, -0.15) is 4.39 Å². The molecule has 7 heteroatoms. The Hall–Kier alpha value is -3.09. The predicted octanol–water partition coefficient (Wildman–Crippen LogP) is 3.14. The Kier molecular flexibility index (Phi) is 3.79. The first-order valence-electron chi connectivity index (χ1n) is 8.45. The van der Waals surface area contributed by atoms with Crippen molar-refractivity contribution in [1.82, 2.24) is 24.9 Å². The third-order valence-electron chi connectivity index (χ3n) is 4.70. The number of nitrogens with zero attached hydrogens (tertiary/aromatic N) is 5. The molecule has 0 spiro atoms. The standard InChI is InChI=1S/C19H18FN5O/c1-11(2)24-10-14-9-13(6-7-15(14)19(24)26)17-12(3)25(23-22-17)16-5-4-8-21-18(16)20/h4-9,11H,10H2,1-3H3. The maximum Gasteiger partial charge on any atom is 0.254 e. The lowest BCUT2D eigenvalue weighted by atomic mass is 10.0. The smallest absolute Gasteiger partial charge is 0.254 e. The van der Waals surface area contributed by atoms with Crippen LogP contribution in [-0.2, 0) is 6.54 Å². The van der Waals surface area contributed by atoms with E-state index in [2.05, 4.69) is 15.3 Å². The Labute approximate surface area is 150 Å². The van der Waals surface area contributed by atoms with Gasteiger partial charge in [0.25, 0.3) is 5.91 Å². The van der Waals surface area contributed by atoms with Crippen molar-refractivity contribution >= 4 is 5.91 Å². The molecule has 1 aromatic carbocycles. The first kappa shape index (κ1) is 16.4. The molecule has 6 nitrogen and oxygen atoms in total. The number of fused-ring (bicyclic) bond motifs is 1. The minimum absolute atomic E-state index is 0.0550. The zero-order valence-corrected chi connectivity index (χ0v) is 14.8. The summed E-state index contributed by atoms with van der Waals surface area (Å²) >= 11 is 0. The number of rotatable bonds is 3. The first-order valence-corrected chi connectivity index (χ1v) is 8.45. The predicted molar refractivity (Wildman–Crippen MR) is 94.3 cm³/mol. The maximum absolute atomic E-state index is 14.0. The van der Waals surface area contributed by atoms with E-state index in [1.54, 1.807) is 12.1 Å². The molecule has 132 valence electrons. The lowest BCUT2D eigenvalue weighted by Gasteiger charge is -2.19. The van der Waals surface area contributed by atoms with Gasteiger partial charge in [-0.15, -0.1) is 5.10 Å². The van der Waals surface area contributed by atoms with Gasteiger partial charge in [-0.25, -0.2) is 9.67 Å². The molecule has 2 aromatic heterocycles. The number of hydrogen-bond acceptors (Lipinski definition) is 4. The van der Waals surface area contributed by atoms with Crippen molar-refractivity contribution in [2.75, 3.05) is 0 Å². The van der Waals surface area contributed by atoms with Gasteiger partial charge in [0.2, 0.25) is 5.95 Å². The molecule has 0 aliphatic carbocycles. The number of halogens is 1. The van der Waals surface area contributed by atoms with Gasteiger partial charge in [0.05, 0.1) is 5.69 Å². The van der Waals surface area contributed by atoms with Crippen LogP contribution in [0.25, 0.3) is 16.9 Å². The van der Waals surface area contributed by atoms with Gasteiger partial charge in [0, 0.05) is 29.9 Å². The number of carbonyl (C=O) groups is 1. The molecule has 0 fully saturated rings. The van der Waals surface area contributed by atoms with Crippen LogP contribution in [0.15, 0.2) is 36.5 Å². The lowest BCUT2D eigenvalue weighted by molar-refractivity contribution is 0.0730. The highest BCUT2D eigenvalue weighted by molar-refractivity contribution is 5.99. The second-order valence-corrected chi connectivity index (χ2v) is 6.65. The molecule has 0 saturated carbocycles. The van der Waals surface area contributed by atoms with Crippen molar-refractivity contribution in [3.8, 4) is 16.9 Å². The van der Waals surface area contributed by atoms with E-state index in [1.807, 2.05) is 43.9 Å². The normalized spacial score (nSPS) is 13.6. The van der Waals surface area contributed by atoms with Crippen LogP contribution in [0.2, 0.25) is 0 Å². The molecule has 26 heavy (non-hydrogen) atoms. The van der Waals surface area contributed by atoms with Crippen molar-refractivity contribution in [1.29, 1.82) is 0 Å². The second-order valence-electron chi connectivity index (χ2n) is 6.65. The molecule has 0 saturated heterocycles. The summed E-state index contributed by atoms with van der Waals surface area (Å²) in [5.74, 6) is -0.543. The Balaban J connectivity index is 1.74. The van der Waals surface area contributed by atoms with Gasteiger partial charge in [-0.05, 0) is 50.6 Å². The van der Waals surface area contributed by atoms with Crippen LogP contribution < -0.4 is 0 Å². The Morgan fingerprint density at radius 2 is 2.04 bits per heavy atom. The van der Waals surface area contributed by atoms with Crippen molar-refractivity contribution in [2.45, 2.75) is 33.4 Å². The van der Waals surface area contributed by atoms with Crippen LogP contribution in [0.5, 0.6) is 0 Å². The zero-order valence-electron chi connectivity index (χ0n) is 14.8. The van der Waals surface area contributed by atoms with E-state index in [1.165, 1.54) is 10.9 Å². The molecule has 0 N–H and O–H groups in total. The van der Waals surface area contributed by atoms with Gasteiger partial charge in [0.1, 0.15) is 11.4 Å². The molecule has 1 amide bonds.